The van der Waals surface area contributed by atoms with Crippen molar-refractivity contribution in [1.82, 2.24) is 14.8 Å². The van der Waals surface area contributed by atoms with E-state index >= 15 is 0 Å². The number of hydrogen-bond donors (Lipinski definition) is 0. The molecule has 0 atom stereocenters. The Kier molecular flexibility index (Phi) is 4.97. The van der Waals surface area contributed by atoms with E-state index in [2.05, 4.69) is 16.3 Å². The summed E-state index contributed by atoms with van der Waals surface area (Å²) in [5.41, 5.74) is 1.54. The summed E-state index contributed by atoms with van der Waals surface area (Å²) < 4.78 is 1.82. The molecule has 2 saturated carbocycles. The molecule has 2 heterocycles. The van der Waals surface area contributed by atoms with Gasteiger partial charge < -0.3 is 4.90 Å². The maximum absolute atomic E-state index is 13.2. The molecular formula is C19H23ClN4OS. The molecule has 7 heteroatoms. The lowest BCUT2D eigenvalue weighted by molar-refractivity contribution is -0.119. The molecule has 2 aromatic rings. The number of anilines is 1. The van der Waals surface area contributed by atoms with E-state index < -0.39 is 0 Å². The summed E-state index contributed by atoms with van der Waals surface area (Å²) in [5.74, 6) is 0.752. The Morgan fingerprint density at radius 2 is 2.27 bits per heavy atom. The molecule has 0 bridgehead atoms. The fourth-order valence-electron chi connectivity index (χ4n) is 3.43. The van der Waals surface area contributed by atoms with Crippen LogP contribution in [0.4, 0.5) is 5.69 Å². The molecule has 0 unspecified atom stereocenters. The summed E-state index contributed by atoms with van der Waals surface area (Å²) in [6.07, 6.45) is 13.8. The van der Waals surface area contributed by atoms with Crippen molar-refractivity contribution >= 4 is 35.0 Å². The van der Waals surface area contributed by atoms with Crippen LogP contribution in [0.2, 0.25) is 5.15 Å². The van der Waals surface area contributed by atoms with Crippen LogP contribution >= 0.6 is 23.4 Å². The van der Waals surface area contributed by atoms with Gasteiger partial charge in [0.15, 0.2) is 5.15 Å². The number of rotatable bonds is 7. The number of aromatic nitrogens is 3. The molecule has 0 spiro atoms. The monoisotopic (exact) mass is 390 g/mol. The quantitative estimate of drug-likeness (QED) is 0.705. The highest BCUT2D eigenvalue weighted by Crippen LogP contribution is 2.46. The Labute approximate surface area is 163 Å². The van der Waals surface area contributed by atoms with Crippen molar-refractivity contribution in [3.63, 3.8) is 0 Å². The zero-order valence-corrected chi connectivity index (χ0v) is 16.5. The number of nitrogens with zero attached hydrogens (tertiary/aromatic N) is 4. The largest absolute Gasteiger partial charge is 0.308 e. The van der Waals surface area contributed by atoms with E-state index in [1.165, 1.54) is 19.3 Å². The van der Waals surface area contributed by atoms with Crippen LogP contribution < -0.4 is 4.90 Å². The van der Waals surface area contributed by atoms with Gasteiger partial charge in [-0.3, -0.25) is 9.78 Å². The van der Waals surface area contributed by atoms with Crippen LogP contribution in [0.25, 0.3) is 5.69 Å². The van der Waals surface area contributed by atoms with Crippen LogP contribution in [0.3, 0.4) is 0 Å². The molecule has 5 nitrogen and oxygen atoms in total. The lowest BCUT2D eigenvalue weighted by Crippen LogP contribution is -2.42. The normalized spacial score (nSPS) is 18.4. The van der Waals surface area contributed by atoms with E-state index in [9.17, 15) is 4.79 Å². The molecule has 1 amide bonds. The zero-order chi connectivity index (χ0) is 18.1. The standard InChI is InChI=1S/C19H23ClN4OS/c1-26-19(7-3-8-19)10-17(25)23(12-14-5-6-14)16-13-24(22-18(16)20)15-4-2-9-21-11-15/h2,4,9,11,13-14H,3,5-8,10,12H2,1H3. The molecule has 0 radical (unpaired) electrons. The van der Waals surface area contributed by atoms with Crippen LogP contribution in [0.5, 0.6) is 0 Å². The van der Waals surface area contributed by atoms with Crippen molar-refractivity contribution in [2.75, 3.05) is 17.7 Å². The fourth-order valence-corrected chi connectivity index (χ4v) is 4.63. The van der Waals surface area contributed by atoms with Crippen molar-refractivity contribution in [1.29, 1.82) is 0 Å². The third-order valence-corrected chi connectivity index (χ3v) is 7.15. The molecule has 0 N–H and O–H groups in total. The summed E-state index contributed by atoms with van der Waals surface area (Å²) in [5, 5.41) is 4.78. The average Bonchev–Trinajstić information content (AvgIpc) is 3.37. The van der Waals surface area contributed by atoms with Gasteiger partial charge >= 0.3 is 0 Å². The highest BCUT2D eigenvalue weighted by Gasteiger charge is 2.40. The lowest BCUT2D eigenvalue weighted by Gasteiger charge is -2.41. The summed E-state index contributed by atoms with van der Waals surface area (Å²) in [6.45, 7) is 0.738. The van der Waals surface area contributed by atoms with Crippen molar-refractivity contribution in [2.45, 2.75) is 43.3 Å². The molecule has 2 aliphatic carbocycles. The molecule has 4 rings (SSSR count). The van der Waals surface area contributed by atoms with E-state index in [4.69, 9.17) is 11.6 Å². The maximum atomic E-state index is 13.2. The van der Waals surface area contributed by atoms with Gasteiger partial charge in [-0.25, -0.2) is 4.68 Å². The van der Waals surface area contributed by atoms with Crippen molar-refractivity contribution in [3.8, 4) is 5.69 Å². The lowest BCUT2D eigenvalue weighted by atomic mass is 9.81. The number of thioether (sulfide) groups is 1. The summed E-state index contributed by atoms with van der Waals surface area (Å²) >= 11 is 8.27. The number of carbonyl (C=O) groups is 1. The SMILES string of the molecule is CSC1(CC(=O)N(CC2CC2)c2cn(-c3cccnc3)nc2Cl)CCC1. The van der Waals surface area contributed by atoms with Crippen LogP contribution in [-0.4, -0.2) is 38.2 Å². The van der Waals surface area contributed by atoms with Gasteiger partial charge in [-0.1, -0.05) is 18.0 Å². The van der Waals surface area contributed by atoms with E-state index in [1.807, 2.05) is 35.0 Å². The third kappa shape index (κ3) is 3.62. The average molecular weight is 391 g/mol. The zero-order valence-electron chi connectivity index (χ0n) is 14.9. The Morgan fingerprint density at radius 1 is 1.46 bits per heavy atom. The van der Waals surface area contributed by atoms with E-state index in [1.54, 1.807) is 17.1 Å². The van der Waals surface area contributed by atoms with Crippen molar-refractivity contribution < 1.29 is 4.79 Å². The molecule has 2 aromatic heterocycles. The summed E-state index contributed by atoms with van der Waals surface area (Å²) in [4.78, 5) is 19.2. The highest BCUT2D eigenvalue weighted by atomic mass is 35.5. The molecular weight excluding hydrogens is 368 g/mol. The molecule has 138 valence electrons. The van der Waals surface area contributed by atoms with Crippen LogP contribution in [0.15, 0.2) is 30.7 Å². The molecule has 0 aromatic carbocycles. The minimum absolute atomic E-state index is 0.116. The fraction of sp³-hybridized carbons (Fsp3) is 0.526. The number of carbonyl (C=O) groups excluding carboxylic acids is 1. The van der Waals surface area contributed by atoms with Crippen molar-refractivity contribution in [3.05, 3.63) is 35.9 Å². The van der Waals surface area contributed by atoms with Gasteiger partial charge in [0.2, 0.25) is 5.91 Å². The molecule has 2 aliphatic rings. The minimum atomic E-state index is 0.116. The highest BCUT2D eigenvalue weighted by molar-refractivity contribution is 8.00. The van der Waals surface area contributed by atoms with Crippen LogP contribution in [0.1, 0.15) is 38.5 Å². The number of halogens is 1. The van der Waals surface area contributed by atoms with E-state index in [0.29, 0.717) is 23.2 Å². The Balaban J connectivity index is 1.60. The Bertz CT molecular complexity index is 781. The second-order valence-electron chi connectivity index (χ2n) is 7.33. The maximum Gasteiger partial charge on any atom is 0.228 e. The smallest absolute Gasteiger partial charge is 0.228 e. The van der Waals surface area contributed by atoms with Gasteiger partial charge in [0, 0.05) is 23.9 Å². The predicted octanol–water partition coefficient (Wildman–Crippen LogP) is 4.34. The summed E-state index contributed by atoms with van der Waals surface area (Å²) in [6, 6.07) is 3.78. The van der Waals surface area contributed by atoms with Gasteiger partial charge in [0.05, 0.1) is 18.1 Å². The Hall–Kier alpha value is -1.53. The third-order valence-electron chi connectivity index (χ3n) is 5.46. The van der Waals surface area contributed by atoms with Gasteiger partial charge in [-0.15, -0.1) is 0 Å². The van der Waals surface area contributed by atoms with Gasteiger partial charge in [0.25, 0.3) is 0 Å². The first-order chi connectivity index (χ1) is 12.6. The van der Waals surface area contributed by atoms with Gasteiger partial charge in [0.1, 0.15) is 5.69 Å². The second-order valence-corrected chi connectivity index (χ2v) is 8.96. The Morgan fingerprint density at radius 3 is 2.85 bits per heavy atom. The number of hydrogen-bond acceptors (Lipinski definition) is 4. The number of pyridine rings is 1. The van der Waals surface area contributed by atoms with Crippen LogP contribution in [-0.2, 0) is 4.79 Å². The van der Waals surface area contributed by atoms with Gasteiger partial charge in [-0.2, -0.15) is 16.9 Å². The van der Waals surface area contributed by atoms with E-state index in [0.717, 1.165) is 25.1 Å². The molecule has 26 heavy (non-hydrogen) atoms. The molecule has 0 saturated heterocycles. The molecule has 0 aliphatic heterocycles. The first kappa shape index (κ1) is 17.9. The summed E-state index contributed by atoms with van der Waals surface area (Å²) in [7, 11) is 0. The van der Waals surface area contributed by atoms with Gasteiger partial charge in [-0.05, 0) is 50.0 Å². The first-order valence-electron chi connectivity index (χ1n) is 9.11. The number of amides is 1. The second kappa shape index (κ2) is 7.24. The predicted molar refractivity (Wildman–Crippen MR) is 106 cm³/mol. The van der Waals surface area contributed by atoms with E-state index in [-0.39, 0.29) is 10.7 Å². The van der Waals surface area contributed by atoms with Crippen molar-refractivity contribution in [2.24, 2.45) is 5.92 Å². The topological polar surface area (TPSA) is 51.0 Å². The van der Waals surface area contributed by atoms with Crippen LogP contribution in [0, 0.1) is 5.92 Å². The molecule has 2 fully saturated rings. The first-order valence-corrected chi connectivity index (χ1v) is 10.7. The minimum Gasteiger partial charge on any atom is -0.308 e.